The van der Waals surface area contributed by atoms with Gasteiger partial charge in [-0.05, 0) is 35.4 Å². The third kappa shape index (κ3) is 3.44. The fourth-order valence-corrected chi connectivity index (χ4v) is 4.70. The van der Waals surface area contributed by atoms with E-state index >= 15 is 0 Å². The summed E-state index contributed by atoms with van der Waals surface area (Å²) in [6.45, 7) is -0.550. The molecule has 0 saturated carbocycles. The molecule has 2 saturated heterocycles. The van der Waals surface area contributed by atoms with Gasteiger partial charge in [0, 0.05) is 30.4 Å². The molecule has 1 spiro atoms. The van der Waals surface area contributed by atoms with Crippen LogP contribution >= 0.6 is 12.2 Å². The van der Waals surface area contributed by atoms with Crippen LogP contribution in [0.5, 0.6) is 0 Å². The molecule has 2 aliphatic rings. The number of thiocarbonyl (C=S) groups is 1. The third-order valence-electron chi connectivity index (χ3n) is 5.83. The van der Waals surface area contributed by atoms with Gasteiger partial charge in [-0.2, -0.15) is 18.4 Å². The number of ketones is 1. The van der Waals surface area contributed by atoms with E-state index in [0.29, 0.717) is 24.7 Å². The van der Waals surface area contributed by atoms with Crippen LogP contribution in [0.25, 0.3) is 0 Å². The number of Topliss-reactive ketones (excluding diaryl/α,β-unsaturated/α-hetero) is 1. The lowest BCUT2D eigenvalue weighted by Gasteiger charge is -2.45. The van der Waals surface area contributed by atoms with Crippen molar-refractivity contribution in [2.45, 2.75) is 30.9 Å². The highest BCUT2D eigenvalue weighted by Crippen LogP contribution is 2.45. The topological polar surface area (TPSA) is 112 Å². The number of nitrogens with one attached hydrogen (secondary N) is 1. The third-order valence-corrected chi connectivity index (χ3v) is 6.25. The number of carbonyl (C=O) groups is 2. The summed E-state index contributed by atoms with van der Waals surface area (Å²) in [6, 6.07) is 6.20. The van der Waals surface area contributed by atoms with Crippen LogP contribution in [0, 0.1) is 11.3 Å². The minimum atomic E-state index is -4.86. The molecular formula is C21H15F4N5O2S. The summed E-state index contributed by atoms with van der Waals surface area (Å²) in [5.41, 5.74) is 2.01. The van der Waals surface area contributed by atoms with Crippen molar-refractivity contribution in [3.63, 3.8) is 0 Å². The van der Waals surface area contributed by atoms with Crippen LogP contribution in [0.2, 0.25) is 0 Å². The molecule has 2 unspecified atom stereocenters. The first-order valence-electron chi connectivity index (χ1n) is 9.64. The first-order chi connectivity index (χ1) is 15.5. The molecule has 2 atom stereocenters. The van der Waals surface area contributed by atoms with E-state index in [4.69, 9.17) is 23.2 Å². The number of nitrogens with zero attached hydrogens (tertiary/aromatic N) is 3. The minimum Gasteiger partial charge on any atom is -0.366 e. The Morgan fingerprint density at radius 3 is 2.61 bits per heavy atom. The normalized spacial score (nSPS) is 22.4. The Labute approximate surface area is 190 Å². The van der Waals surface area contributed by atoms with Gasteiger partial charge in [0.1, 0.15) is 12.7 Å². The lowest BCUT2D eigenvalue weighted by Crippen LogP contribution is -2.69. The summed E-state index contributed by atoms with van der Waals surface area (Å²) in [6.07, 6.45) is -3.52. The van der Waals surface area contributed by atoms with Crippen molar-refractivity contribution >= 4 is 34.6 Å². The fraction of sp³-hybridized carbons (Fsp3) is 0.286. The number of pyridine rings is 1. The summed E-state index contributed by atoms with van der Waals surface area (Å²) < 4.78 is 53.9. The molecule has 0 radical (unpaired) electrons. The van der Waals surface area contributed by atoms with Gasteiger partial charge in [0.15, 0.2) is 17.1 Å². The summed E-state index contributed by atoms with van der Waals surface area (Å²) in [7, 11) is 0. The number of benzene rings is 1. The number of aromatic nitrogens is 1. The van der Waals surface area contributed by atoms with Gasteiger partial charge in [-0.1, -0.05) is 12.2 Å². The average molecular weight is 477 g/mol. The number of rotatable bonds is 4. The van der Waals surface area contributed by atoms with Crippen LogP contribution in [0.1, 0.15) is 45.1 Å². The standard InChI is InChI=1S/C21H15F4N5O2S/c22-7-10-5-12(1-2-13(10)18(27)32)30-19(33)16(17(31)20(30)3-4-29-20)11-6-14(21(23,24)25)15(8-26)28-9-11/h1-2,5-6,9,16,29H,3-4,7H2,(H2,27,32). The number of halogens is 4. The Hall–Kier alpha value is -3.43. The van der Waals surface area contributed by atoms with Crippen LogP contribution in [-0.2, 0) is 17.6 Å². The van der Waals surface area contributed by atoms with Gasteiger partial charge in [-0.3, -0.25) is 14.9 Å². The van der Waals surface area contributed by atoms with Gasteiger partial charge in [0.2, 0.25) is 5.91 Å². The molecule has 1 aromatic heterocycles. The summed E-state index contributed by atoms with van der Waals surface area (Å²) in [4.78, 5) is 30.0. The fourth-order valence-electron chi connectivity index (χ4n) is 4.20. The molecule has 12 heteroatoms. The van der Waals surface area contributed by atoms with E-state index in [2.05, 4.69) is 10.3 Å². The van der Waals surface area contributed by atoms with Crippen LogP contribution in [-0.4, -0.2) is 33.9 Å². The second kappa shape index (κ2) is 7.86. The lowest BCUT2D eigenvalue weighted by atomic mass is 9.86. The predicted molar refractivity (Wildman–Crippen MR) is 112 cm³/mol. The molecule has 1 amide bonds. The van der Waals surface area contributed by atoms with Crippen molar-refractivity contribution < 1.29 is 27.2 Å². The number of alkyl halides is 4. The van der Waals surface area contributed by atoms with E-state index in [-0.39, 0.29) is 21.7 Å². The molecule has 2 aliphatic heterocycles. The van der Waals surface area contributed by atoms with Gasteiger partial charge in [-0.15, -0.1) is 0 Å². The first kappa shape index (κ1) is 22.8. The summed E-state index contributed by atoms with van der Waals surface area (Å²) >= 11 is 5.52. The van der Waals surface area contributed by atoms with Crippen molar-refractivity contribution in [2.75, 3.05) is 11.4 Å². The van der Waals surface area contributed by atoms with Crippen molar-refractivity contribution in [3.05, 3.63) is 58.4 Å². The van der Waals surface area contributed by atoms with E-state index in [9.17, 15) is 27.2 Å². The maximum Gasteiger partial charge on any atom is 0.419 e. The Morgan fingerprint density at radius 2 is 2.09 bits per heavy atom. The van der Waals surface area contributed by atoms with Crippen LogP contribution in [0.15, 0.2) is 30.5 Å². The number of primary amides is 1. The van der Waals surface area contributed by atoms with Crippen molar-refractivity contribution in [3.8, 4) is 6.07 Å². The molecule has 4 rings (SSSR count). The monoisotopic (exact) mass is 477 g/mol. The number of hydrogen-bond acceptors (Lipinski definition) is 6. The molecule has 170 valence electrons. The van der Waals surface area contributed by atoms with Gasteiger partial charge in [-0.25, -0.2) is 9.37 Å². The number of carbonyl (C=O) groups excluding carboxylic acids is 2. The number of nitrogens with two attached hydrogens (primary N) is 1. The van der Waals surface area contributed by atoms with E-state index in [1.165, 1.54) is 29.2 Å². The van der Waals surface area contributed by atoms with Crippen molar-refractivity contribution in [2.24, 2.45) is 5.73 Å². The predicted octanol–water partition coefficient (Wildman–Crippen LogP) is 2.73. The zero-order valence-electron chi connectivity index (χ0n) is 16.7. The van der Waals surface area contributed by atoms with Crippen molar-refractivity contribution in [1.29, 1.82) is 5.26 Å². The number of nitriles is 1. The van der Waals surface area contributed by atoms with Gasteiger partial charge < -0.3 is 10.6 Å². The largest absolute Gasteiger partial charge is 0.419 e. The number of anilines is 1. The van der Waals surface area contributed by atoms with Gasteiger partial charge >= 0.3 is 6.18 Å². The molecule has 3 N–H and O–H groups in total. The van der Waals surface area contributed by atoms with Crippen LogP contribution in [0.3, 0.4) is 0 Å². The Kier molecular flexibility index (Phi) is 5.42. The summed E-state index contributed by atoms with van der Waals surface area (Å²) in [5, 5.41) is 12.0. The van der Waals surface area contributed by atoms with E-state index in [1.807, 2.05) is 0 Å². The molecule has 2 fully saturated rings. The van der Waals surface area contributed by atoms with E-state index in [0.717, 1.165) is 6.20 Å². The zero-order valence-corrected chi connectivity index (χ0v) is 17.6. The zero-order chi connectivity index (χ0) is 24.1. The van der Waals surface area contributed by atoms with Crippen LogP contribution < -0.4 is 16.0 Å². The van der Waals surface area contributed by atoms with Crippen molar-refractivity contribution in [1.82, 2.24) is 10.3 Å². The average Bonchev–Trinajstić information content (AvgIpc) is 2.98. The highest BCUT2D eigenvalue weighted by atomic mass is 32.1. The van der Waals surface area contributed by atoms with Crippen LogP contribution in [0.4, 0.5) is 23.2 Å². The molecule has 33 heavy (non-hydrogen) atoms. The number of hydrogen-bond donors (Lipinski definition) is 2. The second-order valence-corrected chi connectivity index (χ2v) is 8.04. The summed E-state index contributed by atoms with van der Waals surface area (Å²) in [5.74, 6) is -2.56. The molecule has 1 aromatic carbocycles. The minimum absolute atomic E-state index is 0.00688. The van der Waals surface area contributed by atoms with Gasteiger partial charge in [0.05, 0.1) is 16.5 Å². The SMILES string of the molecule is N#Cc1ncc(C2C(=O)C3(CCN3)N(c3ccc(C(N)=O)c(CF)c3)C2=S)cc1C(F)(F)F. The Bertz CT molecular complexity index is 1240. The smallest absolute Gasteiger partial charge is 0.366 e. The molecule has 2 aromatic rings. The Balaban J connectivity index is 1.83. The number of amides is 1. The lowest BCUT2D eigenvalue weighted by molar-refractivity contribution is -0.138. The first-order valence-corrected chi connectivity index (χ1v) is 10.1. The highest BCUT2D eigenvalue weighted by molar-refractivity contribution is 7.80. The molecule has 0 bridgehead atoms. The van der Waals surface area contributed by atoms with Gasteiger partial charge in [0.25, 0.3) is 0 Å². The molecule has 3 heterocycles. The molecule has 7 nitrogen and oxygen atoms in total. The molecular weight excluding hydrogens is 462 g/mol. The highest BCUT2D eigenvalue weighted by Gasteiger charge is 2.60. The maximum absolute atomic E-state index is 13.6. The molecule has 0 aliphatic carbocycles. The van der Waals surface area contributed by atoms with E-state index in [1.54, 1.807) is 0 Å². The second-order valence-electron chi connectivity index (χ2n) is 7.62. The quantitative estimate of drug-likeness (QED) is 0.514. The van der Waals surface area contributed by atoms with E-state index < -0.39 is 47.4 Å². The Morgan fingerprint density at radius 1 is 1.39 bits per heavy atom. The maximum atomic E-state index is 13.6.